The number of anilines is 1. The van der Waals surface area contributed by atoms with E-state index in [4.69, 9.17) is 4.74 Å². The molecule has 1 N–H and O–H groups in total. The lowest BCUT2D eigenvalue weighted by molar-refractivity contribution is -0.119. The van der Waals surface area contributed by atoms with Gasteiger partial charge in [0.2, 0.25) is 0 Å². The fourth-order valence-corrected chi connectivity index (χ4v) is 3.14. The molecule has 6 nitrogen and oxygen atoms in total. The minimum absolute atomic E-state index is 0.165. The molecule has 0 radical (unpaired) electrons. The third-order valence-corrected chi connectivity index (χ3v) is 4.52. The predicted molar refractivity (Wildman–Crippen MR) is 89.4 cm³/mol. The number of amides is 1. The maximum Gasteiger partial charge on any atom is 0.250 e. The van der Waals surface area contributed by atoms with E-state index in [9.17, 15) is 4.79 Å². The van der Waals surface area contributed by atoms with Crippen LogP contribution in [0, 0.1) is 0 Å². The van der Waals surface area contributed by atoms with Crippen LogP contribution < -0.4 is 10.1 Å². The van der Waals surface area contributed by atoms with Gasteiger partial charge in [-0.1, -0.05) is 11.3 Å². The summed E-state index contributed by atoms with van der Waals surface area (Å²) in [4.78, 5) is 16.7. The van der Waals surface area contributed by atoms with E-state index in [-0.39, 0.29) is 5.91 Å². The fraction of sp³-hybridized carbons (Fsp3) is 0.214. The van der Waals surface area contributed by atoms with E-state index < -0.39 is 6.04 Å². The molecule has 2 aromatic heterocycles. The summed E-state index contributed by atoms with van der Waals surface area (Å²) in [5.41, 5.74) is 0.829. The number of carbonyl (C=O) groups is 1. The summed E-state index contributed by atoms with van der Waals surface area (Å²) in [5, 5.41) is 7.51. The van der Waals surface area contributed by atoms with E-state index in [1.54, 1.807) is 31.1 Å². The van der Waals surface area contributed by atoms with E-state index in [2.05, 4.69) is 31.3 Å². The van der Waals surface area contributed by atoms with Crippen molar-refractivity contribution in [2.24, 2.45) is 0 Å². The summed E-state index contributed by atoms with van der Waals surface area (Å²) in [6, 6.07) is 5.19. The molecule has 0 spiro atoms. The van der Waals surface area contributed by atoms with Crippen LogP contribution in [0.4, 0.5) is 5.13 Å². The highest BCUT2D eigenvalue weighted by molar-refractivity contribution is 9.10. The van der Waals surface area contributed by atoms with Crippen LogP contribution in [0.1, 0.15) is 13.0 Å². The minimum atomic E-state index is -0.423. The van der Waals surface area contributed by atoms with Gasteiger partial charge in [-0.25, -0.2) is 4.98 Å². The molecule has 114 valence electrons. The summed E-state index contributed by atoms with van der Waals surface area (Å²) in [7, 11) is 1.62. The first-order chi connectivity index (χ1) is 10.6. The Hall–Kier alpha value is -1.93. The first kappa shape index (κ1) is 15.0. The van der Waals surface area contributed by atoms with Gasteiger partial charge < -0.3 is 10.1 Å². The summed E-state index contributed by atoms with van der Waals surface area (Å²) in [6.45, 7) is 1.78. The molecule has 8 heteroatoms. The second-order valence-electron chi connectivity index (χ2n) is 4.66. The van der Waals surface area contributed by atoms with Gasteiger partial charge >= 0.3 is 0 Å². The van der Waals surface area contributed by atoms with Crippen molar-refractivity contribution in [3.63, 3.8) is 0 Å². The van der Waals surface area contributed by atoms with Crippen molar-refractivity contribution in [1.82, 2.24) is 14.8 Å². The number of nitrogens with one attached hydrogen (secondary N) is 1. The molecule has 0 aliphatic heterocycles. The quantitative estimate of drug-likeness (QED) is 0.752. The summed E-state index contributed by atoms with van der Waals surface area (Å²) in [6.07, 6.45) is 3.40. The number of ether oxygens (including phenoxy) is 1. The SMILES string of the molecule is COc1ccc2nc(NC(=O)C(C)n3cc(Br)cn3)sc2c1. The van der Waals surface area contributed by atoms with Crippen LogP contribution in [0.5, 0.6) is 5.75 Å². The number of hydrogen-bond acceptors (Lipinski definition) is 5. The van der Waals surface area contributed by atoms with Gasteiger partial charge in [-0.2, -0.15) is 5.10 Å². The Bertz CT molecular complexity index is 829. The van der Waals surface area contributed by atoms with Gasteiger partial charge in [0, 0.05) is 6.20 Å². The summed E-state index contributed by atoms with van der Waals surface area (Å²) < 4.78 is 8.57. The third kappa shape index (κ3) is 2.97. The standard InChI is InChI=1S/C14H13BrN4O2S/c1-8(19-7-9(15)6-16-19)13(20)18-14-17-11-4-3-10(21-2)5-12(11)22-14/h3-8H,1-2H3,(H,17,18,20). The van der Waals surface area contributed by atoms with Gasteiger partial charge in [-0.05, 0) is 41.1 Å². The zero-order chi connectivity index (χ0) is 15.7. The molecule has 0 saturated carbocycles. The third-order valence-electron chi connectivity index (χ3n) is 3.17. The highest BCUT2D eigenvalue weighted by atomic mass is 79.9. The summed E-state index contributed by atoms with van der Waals surface area (Å²) in [5.74, 6) is 0.602. The summed E-state index contributed by atoms with van der Waals surface area (Å²) >= 11 is 4.73. The van der Waals surface area contributed by atoms with Gasteiger partial charge in [0.1, 0.15) is 11.8 Å². The average molecular weight is 381 g/mol. The second kappa shape index (κ2) is 6.05. The van der Waals surface area contributed by atoms with Crippen LogP contribution >= 0.6 is 27.3 Å². The Kier molecular flexibility index (Phi) is 4.12. The molecule has 0 saturated heterocycles. The van der Waals surface area contributed by atoms with Crippen molar-refractivity contribution >= 4 is 48.5 Å². The molecule has 1 amide bonds. The van der Waals surface area contributed by atoms with Gasteiger partial charge in [-0.15, -0.1) is 0 Å². The Morgan fingerprint density at radius 1 is 1.50 bits per heavy atom. The molecule has 1 atom stereocenters. The number of hydrogen-bond donors (Lipinski definition) is 1. The lowest BCUT2D eigenvalue weighted by atomic mass is 10.3. The molecular weight excluding hydrogens is 368 g/mol. The first-order valence-corrected chi connectivity index (χ1v) is 8.13. The van der Waals surface area contributed by atoms with Gasteiger partial charge in [0.15, 0.2) is 5.13 Å². The van der Waals surface area contributed by atoms with Crippen LogP contribution in [-0.4, -0.2) is 27.8 Å². The van der Waals surface area contributed by atoms with Crippen LogP contribution in [0.25, 0.3) is 10.2 Å². The molecule has 2 heterocycles. The topological polar surface area (TPSA) is 69.0 Å². The number of nitrogens with zero attached hydrogens (tertiary/aromatic N) is 3. The number of thiazole rings is 1. The number of carbonyl (C=O) groups excluding carboxylic acids is 1. The molecule has 3 rings (SSSR count). The monoisotopic (exact) mass is 380 g/mol. The van der Waals surface area contributed by atoms with Gasteiger partial charge in [-0.3, -0.25) is 9.48 Å². The lowest BCUT2D eigenvalue weighted by Crippen LogP contribution is -2.23. The van der Waals surface area contributed by atoms with Crippen molar-refractivity contribution in [3.8, 4) is 5.75 Å². The van der Waals surface area contributed by atoms with Gasteiger partial charge in [0.25, 0.3) is 5.91 Å². The molecule has 1 aromatic carbocycles. The van der Waals surface area contributed by atoms with E-state index in [1.807, 2.05) is 18.2 Å². The maximum atomic E-state index is 12.3. The lowest BCUT2D eigenvalue weighted by Gasteiger charge is -2.10. The maximum absolute atomic E-state index is 12.3. The molecule has 0 aliphatic rings. The van der Waals surface area contributed by atoms with E-state index in [0.717, 1.165) is 20.4 Å². The molecule has 1 unspecified atom stereocenters. The zero-order valence-electron chi connectivity index (χ0n) is 11.9. The average Bonchev–Trinajstić information content (AvgIpc) is 3.11. The first-order valence-electron chi connectivity index (χ1n) is 6.52. The Morgan fingerprint density at radius 3 is 3.00 bits per heavy atom. The van der Waals surface area contributed by atoms with Crippen LogP contribution in [-0.2, 0) is 4.79 Å². The number of fused-ring (bicyclic) bond motifs is 1. The molecule has 0 bridgehead atoms. The van der Waals surface area contributed by atoms with Crippen molar-refractivity contribution in [1.29, 1.82) is 0 Å². The van der Waals surface area contributed by atoms with Gasteiger partial charge in [0.05, 0.1) is 28.0 Å². The van der Waals surface area contributed by atoms with Crippen LogP contribution in [0.2, 0.25) is 0 Å². The molecule has 0 aliphatic carbocycles. The van der Waals surface area contributed by atoms with Crippen molar-refractivity contribution in [3.05, 3.63) is 35.1 Å². The van der Waals surface area contributed by atoms with Crippen molar-refractivity contribution in [2.75, 3.05) is 12.4 Å². The van der Waals surface area contributed by atoms with E-state index >= 15 is 0 Å². The fourth-order valence-electron chi connectivity index (χ4n) is 1.94. The Labute approximate surface area is 139 Å². The Balaban J connectivity index is 1.78. The number of methoxy groups -OCH3 is 1. The molecule has 0 fully saturated rings. The minimum Gasteiger partial charge on any atom is -0.497 e. The number of benzene rings is 1. The molecular formula is C14H13BrN4O2S. The smallest absolute Gasteiger partial charge is 0.250 e. The highest BCUT2D eigenvalue weighted by Gasteiger charge is 2.17. The Morgan fingerprint density at radius 2 is 2.32 bits per heavy atom. The predicted octanol–water partition coefficient (Wildman–Crippen LogP) is 3.46. The second-order valence-corrected chi connectivity index (χ2v) is 6.60. The van der Waals surface area contributed by atoms with Crippen molar-refractivity contribution in [2.45, 2.75) is 13.0 Å². The van der Waals surface area contributed by atoms with Crippen LogP contribution in [0.15, 0.2) is 35.1 Å². The normalized spacial score (nSPS) is 12.3. The number of halogens is 1. The largest absolute Gasteiger partial charge is 0.497 e. The van der Waals surface area contributed by atoms with E-state index in [1.165, 1.54) is 11.3 Å². The highest BCUT2D eigenvalue weighted by Crippen LogP contribution is 2.29. The molecule has 22 heavy (non-hydrogen) atoms. The molecule has 3 aromatic rings. The zero-order valence-corrected chi connectivity index (χ0v) is 14.3. The number of rotatable bonds is 4. The number of aromatic nitrogens is 3. The van der Waals surface area contributed by atoms with Crippen molar-refractivity contribution < 1.29 is 9.53 Å². The van der Waals surface area contributed by atoms with E-state index in [0.29, 0.717) is 5.13 Å². The van der Waals surface area contributed by atoms with Crippen LogP contribution in [0.3, 0.4) is 0 Å².